The van der Waals surface area contributed by atoms with Gasteiger partial charge in [-0.3, -0.25) is 0 Å². The maximum absolute atomic E-state index is 11.6. The van der Waals surface area contributed by atoms with Gasteiger partial charge in [0.2, 0.25) is 0 Å². The fraction of sp³-hybridized carbons (Fsp3) is 0.704. The maximum atomic E-state index is 11.6. The van der Waals surface area contributed by atoms with Gasteiger partial charge in [0.25, 0.3) is 0 Å². The first kappa shape index (κ1) is 27.2. The summed E-state index contributed by atoms with van der Waals surface area (Å²) in [6, 6.07) is 10.0. The topological polar surface area (TPSA) is 87.7 Å². The first-order valence-corrected chi connectivity index (χ1v) is 12.7. The number of rotatable bonds is 7. The molecule has 186 valence electrons. The van der Waals surface area contributed by atoms with E-state index < -0.39 is 18.1 Å². The van der Waals surface area contributed by atoms with Crippen LogP contribution < -0.4 is 10.6 Å². The lowest BCUT2D eigenvalue weighted by molar-refractivity contribution is -0.140. The van der Waals surface area contributed by atoms with Gasteiger partial charge in [-0.25, -0.2) is 9.59 Å². The number of amides is 1. The van der Waals surface area contributed by atoms with Crippen molar-refractivity contribution in [1.82, 2.24) is 10.6 Å². The first-order valence-electron chi connectivity index (χ1n) is 12.7. The van der Waals surface area contributed by atoms with Crippen LogP contribution in [0.2, 0.25) is 0 Å². The Morgan fingerprint density at radius 2 is 1.45 bits per heavy atom. The molecular formula is C27H44N2O4. The number of hydrogen-bond acceptors (Lipinski definition) is 4. The molecule has 0 saturated heterocycles. The largest absolute Gasteiger partial charge is 0.480 e. The highest BCUT2D eigenvalue weighted by Gasteiger charge is 2.26. The molecule has 6 nitrogen and oxygen atoms in total. The number of carbonyl (C=O) groups is 2. The molecule has 1 atom stereocenters. The number of carboxylic acid groups (broad SMARTS) is 1. The number of nitrogens with one attached hydrogen (secondary N) is 2. The monoisotopic (exact) mass is 460 g/mol. The second-order valence-corrected chi connectivity index (χ2v) is 10.7. The maximum Gasteiger partial charge on any atom is 0.408 e. The average molecular weight is 461 g/mol. The van der Waals surface area contributed by atoms with E-state index in [0.29, 0.717) is 6.42 Å². The van der Waals surface area contributed by atoms with Gasteiger partial charge in [-0.1, -0.05) is 89.6 Å². The van der Waals surface area contributed by atoms with E-state index in [2.05, 4.69) is 10.6 Å². The Balaban J connectivity index is 0.000000254. The molecule has 0 unspecified atom stereocenters. The van der Waals surface area contributed by atoms with Gasteiger partial charge in [-0.05, 0) is 43.1 Å². The third-order valence-corrected chi connectivity index (χ3v) is 6.30. The summed E-state index contributed by atoms with van der Waals surface area (Å²) in [7, 11) is 0. The van der Waals surface area contributed by atoms with Crippen molar-refractivity contribution in [2.75, 3.05) is 0 Å². The number of carboxylic acids is 1. The van der Waals surface area contributed by atoms with E-state index in [-0.39, 0.29) is 12.0 Å². The normalized spacial score (nSPS) is 18.5. The Morgan fingerprint density at radius 1 is 0.939 bits per heavy atom. The highest BCUT2D eigenvalue weighted by molar-refractivity contribution is 5.79. The van der Waals surface area contributed by atoms with Crippen LogP contribution in [0.1, 0.15) is 97.0 Å². The number of aliphatic carboxylic acids is 1. The summed E-state index contributed by atoms with van der Waals surface area (Å²) in [5, 5.41) is 15.3. The van der Waals surface area contributed by atoms with Crippen molar-refractivity contribution >= 4 is 12.1 Å². The highest BCUT2D eigenvalue weighted by atomic mass is 16.5. The lowest BCUT2D eigenvalue weighted by atomic mass is 9.88. The predicted molar refractivity (Wildman–Crippen MR) is 132 cm³/mol. The van der Waals surface area contributed by atoms with Crippen molar-refractivity contribution in [2.24, 2.45) is 5.41 Å². The molecular weight excluding hydrogens is 416 g/mol. The zero-order valence-corrected chi connectivity index (χ0v) is 20.8. The smallest absolute Gasteiger partial charge is 0.408 e. The standard InChI is InChI=1S/C15H21NO4.C12H23N/c1-15(2,3)9-12(13(17)18)16-14(19)20-10-11-7-5-4-6-8-11;1-3-7-11(8-4-1)13-12-9-5-2-6-10-12/h4-8,12H,9-10H2,1-3H3,(H,16,19)(H,17,18);11-13H,1-10H2/t12-;/m0./s1. The average Bonchev–Trinajstić information content (AvgIpc) is 2.79. The zero-order chi connectivity index (χ0) is 24.1. The summed E-state index contributed by atoms with van der Waals surface area (Å²) >= 11 is 0. The molecule has 3 rings (SSSR count). The minimum atomic E-state index is -1.06. The molecule has 0 bridgehead atoms. The quantitative estimate of drug-likeness (QED) is 0.461. The zero-order valence-electron chi connectivity index (χ0n) is 20.8. The van der Waals surface area contributed by atoms with Crippen molar-refractivity contribution in [3.63, 3.8) is 0 Å². The van der Waals surface area contributed by atoms with Crippen LogP contribution in [0.15, 0.2) is 30.3 Å². The molecule has 2 aliphatic rings. The van der Waals surface area contributed by atoms with Gasteiger partial charge >= 0.3 is 12.1 Å². The van der Waals surface area contributed by atoms with Gasteiger partial charge in [0.05, 0.1) is 0 Å². The number of ether oxygens (including phenoxy) is 1. The Bertz CT molecular complexity index is 674. The predicted octanol–water partition coefficient (Wildman–Crippen LogP) is 6.04. The van der Waals surface area contributed by atoms with Gasteiger partial charge < -0.3 is 20.5 Å². The molecule has 0 aromatic heterocycles. The molecule has 3 N–H and O–H groups in total. The molecule has 2 saturated carbocycles. The van der Waals surface area contributed by atoms with E-state index in [4.69, 9.17) is 9.84 Å². The molecule has 1 aromatic carbocycles. The second-order valence-electron chi connectivity index (χ2n) is 10.7. The Hall–Kier alpha value is -2.08. The Kier molecular flexibility index (Phi) is 11.7. The molecule has 1 amide bonds. The molecule has 2 aliphatic carbocycles. The van der Waals surface area contributed by atoms with Crippen molar-refractivity contribution in [1.29, 1.82) is 0 Å². The number of benzene rings is 1. The number of carbonyl (C=O) groups excluding carboxylic acids is 1. The van der Waals surface area contributed by atoms with Gasteiger partial charge in [0.15, 0.2) is 0 Å². The molecule has 6 heteroatoms. The van der Waals surface area contributed by atoms with Crippen LogP contribution in [0.5, 0.6) is 0 Å². The summed E-state index contributed by atoms with van der Waals surface area (Å²) in [6.45, 7) is 5.87. The minimum absolute atomic E-state index is 0.120. The van der Waals surface area contributed by atoms with Crippen molar-refractivity contribution < 1.29 is 19.4 Å². The van der Waals surface area contributed by atoms with Crippen molar-refractivity contribution in [3.8, 4) is 0 Å². The molecule has 0 radical (unpaired) electrons. The van der Waals surface area contributed by atoms with E-state index >= 15 is 0 Å². The van der Waals surface area contributed by atoms with Crippen LogP contribution in [0, 0.1) is 5.41 Å². The first-order chi connectivity index (χ1) is 15.7. The fourth-order valence-electron chi connectivity index (χ4n) is 4.59. The third kappa shape index (κ3) is 12.1. The Morgan fingerprint density at radius 3 is 1.91 bits per heavy atom. The highest BCUT2D eigenvalue weighted by Crippen LogP contribution is 2.23. The van der Waals surface area contributed by atoms with E-state index in [9.17, 15) is 9.59 Å². The fourth-order valence-corrected chi connectivity index (χ4v) is 4.59. The summed E-state index contributed by atoms with van der Waals surface area (Å²) < 4.78 is 5.01. The van der Waals surface area contributed by atoms with Crippen LogP contribution in [-0.4, -0.2) is 35.3 Å². The lowest BCUT2D eigenvalue weighted by Crippen LogP contribution is -2.43. The van der Waals surface area contributed by atoms with E-state index in [0.717, 1.165) is 17.6 Å². The number of alkyl carbamates (subject to hydrolysis) is 1. The molecule has 0 heterocycles. The minimum Gasteiger partial charge on any atom is -0.480 e. The molecule has 33 heavy (non-hydrogen) atoms. The van der Waals surface area contributed by atoms with Crippen LogP contribution >= 0.6 is 0 Å². The van der Waals surface area contributed by atoms with Crippen molar-refractivity contribution in [2.45, 2.75) is 116 Å². The summed E-state index contributed by atoms with van der Waals surface area (Å²) in [5.41, 5.74) is 0.654. The second kappa shape index (κ2) is 14.2. The molecule has 2 fully saturated rings. The van der Waals surface area contributed by atoms with Gasteiger partial charge in [0.1, 0.15) is 12.6 Å². The summed E-state index contributed by atoms with van der Waals surface area (Å²) in [5.74, 6) is -1.06. The number of hydrogen-bond donors (Lipinski definition) is 3. The van der Waals surface area contributed by atoms with E-state index in [1.165, 1.54) is 64.2 Å². The van der Waals surface area contributed by atoms with Gasteiger partial charge in [0, 0.05) is 12.1 Å². The van der Waals surface area contributed by atoms with Crippen LogP contribution in [0.25, 0.3) is 0 Å². The van der Waals surface area contributed by atoms with E-state index in [1.54, 1.807) is 0 Å². The van der Waals surface area contributed by atoms with Crippen LogP contribution in [0.3, 0.4) is 0 Å². The third-order valence-electron chi connectivity index (χ3n) is 6.30. The van der Waals surface area contributed by atoms with Gasteiger partial charge in [-0.15, -0.1) is 0 Å². The van der Waals surface area contributed by atoms with Gasteiger partial charge in [-0.2, -0.15) is 0 Å². The molecule has 1 aromatic rings. The molecule has 0 spiro atoms. The SMILES string of the molecule is C1CCC(NC2CCCCC2)CC1.CC(C)(C)C[C@H](NC(=O)OCc1ccccc1)C(=O)O. The van der Waals surface area contributed by atoms with Crippen molar-refractivity contribution in [3.05, 3.63) is 35.9 Å². The molecule has 0 aliphatic heterocycles. The summed E-state index contributed by atoms with van der Waals surface area (Å²) in [4.78, 5) is 22.7. The lowest BCUT2D eigenvalue weighted by Gasteiger charge is -2.30. The Labute approximate surface area is 199 Å². The summed E-state index contributed by atoms with van der Waals surface area (Å²) in [6.07, 6.45) is 14.2. The van der Waals surface area contributed by atoms with E-state index in [1.807, 2.05) is 51.1 Å². The van der Waals surface area contributed by atoms with Crippen LogP contribution in [-0.2, 0) is 16.1 Å². The van der Waals surface area contributed by atoms with Crippen LogP contribution in [0.4, 0.5) is 4.79 Å².